The maximum atomic E-state index is 12.8. The Bertz CT molecular complexity index is 1010. The van der Waals surface area contributed by atoms with Crippen LogP contribution in [0.15, 0.2) is 52.3 Å². The van der Waals surface area contributed by atoms with Gasteiger partial charge in [-0.25, -0.2) is 8.42 Å². The van der Waals surface area contributed by atoms with Crippen LogP contribution in [0, 0.1) is 11.3 Å². The van der Waals surface area contributed by atoms with Gasteiger partial charge in [0.2, 0.25) is 9.84 Å². The maximum Gasteiger partial charge on any atom is 0.216 e. The maximum absolute atomic E-state index is 12.8. The molecule has 2 aromatic rings. The van der Waals surface area contributed by atoms with Gasteiger partial charge in [-0.3, -0.25) is 0 Å². The number of nitriles is 1. The van der Waals surface area contributed by atoms with E-state index >= 15 is 0 Å². The summed E-state index contributed by atoms with van der Waals surface area (Å²) < 4.78 is 37.1. The minimum Gasteiger partial charge on any atom is -0.490 e. The molecule has 0 saturated carbocycles. The molecule has 160 valence electrons. The zero-order valence-corrected chi connectivity index (χ0v) is 18.8. The Morgan fingerprint density at radius 2 is 1.77 bits per heavy atom. The lowest BCUT2D eigenvalue weighted by molar-refractivity contribution is 0.270. The van der Waals surface area contributed by atoms with Crippen molar-refractivity contribution in [2.24, 2.45) is 0 Å². The van der Waals surface area contributed by atoms with Gasteiger partial charge >= 0.3 is 0 Å². The van der Waals surface area contributed by atoms with Crippen LogP contribution in [0.2, 0.25) is 5.02 Å². The highest BCUT2D eigenvalue weighted by molar-refractivity contribution is 7.95. The third-order valence-electron chi connectivity index (χ3n) is 4.34. The van der Waals surface area contributed by atoms with Gasteiger partial charge in [-0.1, -0.05) is 43.9 Å². The van der Waals surface area contributed by atoms with E-state index < -0.39 is 9.84 Å². The van der Waals surface area contributed by atoms with Crippen molar-refractivity contribution in [3.8, 4) is 17.6 Å². The largest absolute Gasteiger partial charge is 0.490 e. The van der Waals surface area contributed by atoms with Gasteiger partial charge in [0.15, 0.2) is 11.5 Å². The Balaban J connectivity index is 2.28. The first-order chi connectivity index (χ1) is 14.4. The molecule has 2 aromatic carbocycles. The summed E-state index contributed by atoms with van der Waals surface area (Å²) in [6, 6.07) is 12.6. The quantitative estimate of drug-likeness (QED) is 0.310. The molecule has 0 atom stereocenters. The van der Waals surface area contributed by atoms with E-state index in [9.17, 15) is 13.7 Å². The molecule has 0 N–H and O–H groups in total. The molecule has 0 spiro atoms. The number of halogens is 1. The lowest BCUT2D eigenvalue weighted by Crippen LogP contribution is -2.04. The lowest BCUT2D eigenvalue weighted by atomic mass is 10.2. The molecule has 0 aliphatic heterocycles. The second kappa shape index (κ2) is 11.6. The molecule has 7 heteroatoms. The molecule has 0 heterocycles. The average molecular weight is 448 g/mol. The Labute approximate surface area is 183 Å². The van der Waals surface area contributed by atoms with Crippen LogP contribution in [0.4, 0.5) is 0 Å². The van der Waals surface area contributed by atoms with E-state index in [1.807, 2.05) is 6.92 Å². The van der Waals surface area contributed by atoms with E-state index in [1.165, 1.54) is 36.8 Å². The van der Waals surface area contributed by atoms with Crippen LogP contribution in [-0.2, 0) is 9.84 Å². The number of sulfone groups is 1. The highest BCUT2D eigenvalue weighted by atomic mass is 35.5. The summed E-state index contributed by atoms with van der Waals surface area (Å²) in [5, 5.41) is 9.89. The molecule has 0 saturated heterocycles. The van der Waals surface area contributed by atoms with Crippen molar-refractivity contribution in [1.82, 2.24) is 0 Å². The fourth-order valence-electron chi connectivity index (χ4n) is 2.77. The van der Waals surface area contributed by atoms with Gasteiger partial charge in [0, 0.05) is 5.02 Å². The zero-order chi connectivity index (χ0) is 22.0. The SMILES string of the molecule is CCCCCCOc1ccc(C=C(C#N)S(=O)(=O)c2ccc(Cl)cc2)cc1OCC. The molecule has 0 aliphatic rings. The van der Waals surface area contributed by atoms with Gasteiger partial charge in [0.1, 0.15) is 11.0 Å². The fourth-order valence-corrected chi connectivity index (χ4v) is 4.06. The topological polar surface area (TPSA) is 76.4 Å². The molecule has 30 heavy (non-hydrogen) atoms. The molecule has 0 fully saturated rings. The van der Waals surface area contributed by atoms with E-state index in [0.29, 0.717) is 35.3 Å². The molecule has 2 rings (SSSR count). The van der Waals surface area contributed by atoms with E-state index in [1.54, 1.807) is 24.3 Å². The van der Waals surface area contributed by atoms with Crippen molar-refractivity contribution in [2.45, 2.75) is 44.4 Å². The highest BCUT2D eigenvalue weighted by Crippen LogP contribution is 2.31. The standard InChI is InChI=1S/C23H26ClNO4S/c1-3-5-6-7-14-29-22-13-8-18(16-23(22)28-4-2)15-21(17-25)30(26,27)20-11-9-19(24)10-12-20/h8-13,15-16H,3-7,14H2,1-2H3. The predicted octanol–water partition coefficient (Wildman–Crippen LogP) is 6.04. The van der Waals surface area contributed by atoms with E-state index in [4.69, 9.17) is 21.1 Å². The Kier molecular flexibility index (Phi) is 9.22. The zero-order valence-electron chi connectivity index (χ0n) is 17.2. The smallest absolute Gasteiger partial charge is 0.216 e. The first-order valence-electron chi connectivity index (χ1n) is 9.94. The van der Waals surface area contributed by atoms with Crippen LogP contribution in [0.5, 0.6) is 11.5 Å². The molecule has 0 aromatic heterocycles. The summed E-state index contributed by atoms with van der Waals surface area (Å²) in [5.41, 5.74) is 0.533. The summed E-state index contributed by atoms with van der Waals surface area (Å²) in [7, 11) is -3.96. The van der Waals surface area contributed by atoms with Crippen molar-refractivity contribution in [2.75, 3.05) is 13.2 Å². The third-order valence-corrected chi connectivity index (χ3v) is 6.28. The Morgan fingerprint density at radius 3 is 2.40 bits per heavy atom. The van der Waals surface area contributed by atoms with E-state index in [2.05, 4.69) is 6.92 Å². The Hall–Kier alpha value is -2.49. The van der Waals surface area contributed by atoms with Crippen molar-refractivity contribution >= 4 is 27.5 Å². The summed E-state index contributed by atoms with van der Waals surface area (Å²) in [6.45, 7) is 5.04. The monoisotopic (exact) mass is 447 g/mol. The number of rotatable bonds is 11. The second-order valence-electron chi connectivity index (χ2n) is 6.63. The number of unbranched alkanes of at least 4 members (excludes halogenated alkanes) is 3. The molecule has 5 nitrogen and oxygen atoms in total. The van der Waals surface area contributed by atoms with E-state index in [0.717, 1.165) is 19.3 Å². The molecular weight excluding hydrogens is 422 g/mol. The number of benzene rings is 2. The summed E-state index contributed by atoms with van der Waals surface area (Å²) in [6.07, 6.45) is 5.72. The number of ether oxygens (including phenoxy) is 2. The van der Waals surface area contributed by atoms with Gasteiger partial charge in [-0.15, -0.1) is 0 Å². The molecule has 0 unspecified atom stereocenters. The van der Waals surface area contributed by atoms with Crippen LogP contribution in [-0.4, -0.2) is 21.6 Å². The van der Waals surface area contributed by atoms with Crippen molar-refractivity contribution < 1.29 is 17.9 Å². The number of allylic oxidation sites excluding steroid dienone is 1. The lowest BCUT2D eigenvalue weighted by Gasteiger charge is -2.13. The molecular formula is C23H26ClNO4S. The fraction of sp³-hybridized carbons (Fsp3) is 0.348. The van der Waals surface area contributed by atoms with Crippen LogP contribution in [0.1, 0.15) is 45.1 Å². The summed E-state index contributed by atoms with van der Waals surface area (Å²) in [4.78, 5) is -0.350. The molecule has 0 amide bonds. The van der Waals surface area contributed by atoms with Crippen LogP contribution in [0.25, 0.3) is 6.08 Å². The summed E-state index contributed by atoms with van der Waals surface area (Å²) >= 11 is 5.83. The van der Waals surface area contributed by atoms with Gasteiger partial charge < -0.3 is 9.47 Å². The van der Waals surface area contributed by atoms with Crippen LogP contribution < -0.4 is 9.47 Å². The number of hydrogen-bond acceptors (Lipinski definition) is 5. The first kappa shape index (κ1) is 23.8. The van der Waals surface area contributed by atoms with Gasteiger partial charge in [0.25, 0.3) is 0 Å². The minimum absolute atomic E-state index is 0.0109. The second-order valence-corrected chi connectivity index (χ2v) is 8.98. The molecule has 0 radical (unpaired) electrons. The third kappa shape index (κ3) is 6.51. The normalized spacial score (nSPS) is 11.7. The van der Waals surface area contributed by atoms with Gasteiger partial charge in [-0.2, -0.15) is 5.26 Å². The molecule has 0 aliphatic carbocycles. The summed E-state index contributed by atoms with van der Waals surface area (Å²) in [5.74, 6) is 1.12. The van der Waals surface area contributed by atoms with Gasteiger partial charge in [-0.05, 0) is 61.4 Å². The number of hydrogen-bond donors (Lipinski definition) is 0. The van der Waals surface area contributed by atoms with Crippen LogP contribution in [0.3, 0.4) is 0 Å². The average Bonchev–Trinajstić information content (AvgIpc) is 2.73. The van der Waals surface area contributed by atoms with Crippen molar-refractivity contribution in [3.05, 3.63) is 58.0 Å². The van der Waals surface area contributed by atoms with Gasteiger partial charge in [0.05, 0.1) is 18.1 Å². The van der Waals surface area contributed by atoms with E-state index in [-0.39, 0.29) is 9.80 Å². The predicted molar refractivity (Wildman–Crippen MR) is 119 cm³/mol. The van der Waals surface area contributed by atoms with Crippen molar-refractivity contribution in [3.63, 3.8) is 0 Å². The molecule has 0 bridgehead atoms. The van der Waals surface area contributed by atoms with Crippen LogP contribution >= 0.6 is 11.6 Å². The first-order valence-corrected chi connectivity index (χ1v) is 11.8. The minimum atomic E-state index is -3.96. The Morgan fingerprint density at radius 1 is 1.03 bits per heavy atom. The number of nitrogens with zero attached hydrogens (tertiary/aromatic N) is 1. The van der Waals surface area contributed by atoms with Crippen molar-refractivity contribution in [1.29, 1.82) is 5.26 Å². The highest BCUT2D eigenvalue weighted by Gasteiger charge is 2.21.